The van der Waals surface area contributed by atoms with Crippen LogP contribution < -0.4 is 10.6 Å². The third kappa shape index (κ3) is 3.67. The zero-order chi connectivity index (χ0) is 17.0. The minimum atomic E-state index is -0.158. The monoisotopic (exact) mass is 317 g/mol. The van der Waals surface area contributed by atoms with Gasteiger partial charge in [0.25, 0.3) is 5.91 Å². The Bertz CT molecular complexity index is 713. The second-order valence-corrected chi connectivity index (χ2v) is 5.56. The van der Waals surface area contributed by atoms with Crippen LogP contribution in [0.1, 0.15) is 40.7 Å². The standard InChI is InChI=1S/C18H23N3O2.2H2/c1-5-14(15(6-2)19-4)18(23)20-13-9-11(3)17-12(10-13)7-8-16(22)21-17;;/h5,9-10H,6-8H2,1-4H3,(H,20,23)(H,21,22);2*1H/b14-5+,19-15?;;. The van der Waals surface area contributed by atoms with Crippen LogP contribution in [0.25, 0.3) is 0 Å². The van der Waals surface area contributed by atoms with Crippen molar-refractivity contribution in [2.45, 2.75) is 40.0 Å². The molecule has 1 aromatic carbocycles. The first-order valence-electron chi connectivity index (χ1n) is 7.87. The van der Waals surface area contributed by atoms with Gasteiger partial charge in [-0.3, -0.25) is 14.6 Å². The van der Waals surface area contributed by atoms with Gasteiger partial charge in [0.2, 0.25) is 5.91 Å². The number of nitrogens with zero attached hydrogens (tertiary/aromatic N) is 1. The number of hydrogen-bond acceptors (Lipinski definition) is 3. The van der Waals surface area contributed by atoms with E-state index in [1.54, 1.807) is 13.1 Å². The quantitative estimate of drug-likeness (QED) is 0.656. The fourth-order valence-corrected chi connectivity index (χ4v) is 2.85. The van der Waals surface area contributed by atoms with Gasteiger partial charge in [0.1, 0.15) is 0 Å². The van der Waals surface area contributed by atoms with E-state index in [0.717, 1.165) is 28.2 Å². The van der Waals surface area contributed by atoms with E-state index in [-0.39, 0.29) is 14.7 Å². The van der Waals surface area contributed by atoms with Gasteiger partial charge < -0.3 is 10.6 Å². The van der Waals surface area contributed by atoms with E-state index in [4.69, 9.17) is 0 Å². The topological polar surface area (TPSA) is 70.6 Å². The summed E-state index contributed by atoms with van der Waals surface area (Å²) in [6.07, 6.45) is 3.66. The normalized spacial score (nSPS) is 15.0. The molecule has 0 unspecified atom stereocenters. The molecule has 0 radical (unpaired) electrons. The molecule has 2 rings (SSSR count). The van der Waals surface area contributed by atoms with Crippen LogP contribution in [0.4, 0.5) is 11.4 Å². The molecular formula is C18H27N3O2. The first-order chi connectivity index (χ1) is 11.0. The zero-order valence-corrected chi connectivity index (χ0v) is 14.1. The molecule has 126 valence electrons. The van der Waals surface area contributed by atoms with E-state index in [2.05, 4.69) is 15.6 Å². The highest BCUT2D eigenvalue weighted by atomic mass is 16.2. The van der Waals surface area contributed by atoms with Crippen LogP contribution in [0.5, 0.6) is 0 Å². The largest absolute Gasteiger partial charge is 0.326 e. The summed E-state index contributed by atoms with van der Waals surface area (Å²) in [7, 11) is 1.70. The molecule has 5 nitrogen and oxygen atoms in total. The molecule has 23 heavy (non-hydrogen) atoms. The van der Waals surface area contributed by atoms with Crippen LogP contribution in [0.3, 0.4) is 0 Å². The van der Waals surface area contributed by atoms with Crippen molar-refractivity contribution in [3.63, 3.8) is 0 Å². The Balaban J connectivity index is 0.00000288. The molecule has 0 saturated carbocycles. The Morgan fingerprint density at radius 2 is 2.17 bits per heavy atom. The van der Waals surface area contributed by atoms with Crippen LogP contribution in [0, 0.1) is 6.92 Å². The predicted molar refractivity (Wildman–Crippen MR) is 98.4 cm³/mol. The molecule has 1 heterocycles. The van der Waals surface area contributed by atoms with Gasteiger partial charge in [-0.25, -0.2) is 0 Å². The molecule has 5 heteroatoms. The minimum absolute atomic E-state index is 0. The average Bonchev–Trinajstić information content (AvgIpc) is 2.53. The molecule has 1 aliphatic rings. The Morgan fingerprint density at radius 3 is 2.78 bits per heavy atom. The molecule has 0 spiro atoms. The lowest BCUT2D eigenvalue weighted by atomic mass is 9.98. The Kier molecular flexibility index (Phi) is 5.32. The first-order valence-corrected chi connectivity index (χ1v) is 7.87. The predicted octanol–water partition coefficient (Wildman–Crippen LogP) is 3.74. The van der Waals surface area contributed by atoms with Crippen molar-refractivity contribution >= 4 is 28.9 Å². The molecule has 1 aromatic rings. The van der Waals surface area contributed by atoms with E-state index in [0.29, 0.717) is 24.8 Å². The molecular weight excluding hydrogens is 290 g/mol. The van der Waals surface area contributed by atoms with Crippen molar-refractivity contribution in [1.29, 1.82) is 0 Å². The number of carbonyl (C=O) groups excluding carboxylic acids is 2. The van der Waals surface area contributed by atoms with Gasteiger partial charge in [-0.05, 0) is 49.9 Å². The summed E-state index contributed by atoms with van der Waals surface area (Å²) >= 11 is 0. The van der Waals surface area contributed by atoms with E-state index in [1.807, 2.05) is 32.9 Å². The number of benzene rings is 1. The summed E-state index contributed by atoms with van der Waals surface area (Å²) in [5, 5.41) is 5.84. The van der Waals surface area contributed by atoms with Crippen molar-refractivity contribution in [3.8, 4) is 0 Å². The molecule has 0 saturated heterocycles. The zero-order valence-electron chi connectivity index (χ0n) is 14.1. The number of nitrogens with one attached hydrogen (secondary N) is 2. The molecule has 0 atom stereocenters. The maximum Gasteiger partial charge on any atom is 0.257 e. The van der Waals surface area contributed by atoms with Gasteiger partial charge in [-0.2, -0.15) is 0 Å². The summed E-state index contributed by atoms with van der Waals surface area (Å²) in [5.41, 5.74) is 5.00. The Morgan fingerprint density at radius 1 is 1.43 bits per heavy atom. The van der Waals surface area contributed by atoms with E-state index in [1.165, 1.54) is 0 Å². The van der Waals surface area contributed by atoms with Crippen LogP contribution >= 0.6 is 0 Å². The summed E-state index contributed by atoms with van der Waals surface area (Å²) in [5.74, 6) is -0.116. The summed E-state index contributed by atoms with van der Waals surface area (Å²) < 4.78 is 0. The number of amides is 2. The summed E-state index contributed by atoms with van der Waals surface area (Å²) in [6.45, 7) is 5.75. The summed E-state index contributed by atoms with van der Waals surface area (Å²) in [6, 6.07) is 3.81. The van der Waals surface area contributed by atoms with Crippen molar-refractivity contribution in [2.24, 2.45) is 4.99 Å². The second kappa shape index (κ2) is 7.22. The fourth-order valence-electron chi connectivity index (χ4n) is 2.85. The molecule has 0 aromatic heterocycles. The number of anilines is 2. The van der Waals surface area contributed by atoms with Gasteiger partial charge in [0, 0.05) is 33.4 Å². The third-order valence-corrected chi connectivity index (χ3v) is 4.01. The van der Waals surface area contributed by atoms with Crippen molar-refractivity contribution in [3.05, 3.63) is 34.9 Å². The fraction of sp³-hybridized carbons (Fsp3) is 0.389. The van der Waals surface area contributed by atoms with E-state index in [9.17, 15) is 9.59 Å². The lowest BCUT2D eigenvalue weighted by Crippen LogP contribution is -2.22. The minimum Gasteiger partial charge on any atom is -0.326 e. The number of carbonyl (C=O) groups is 2. The van der Waals surface area contributed by atoms with Crippen molar-refractivity contribution < 1.29 is 12.4 Å². The van der Waals surface area contributed by atoms with E-state index >= 15 is 0 Å². The number of allylic oxidation sites excluding steroid dienone is 1. The molecule has 0 aliphatic carbocycles. The highest BCUT2D eigenvalue weighted by Crippen LogP contribution is 2.30. The highest BCUT2D eigenvalue weighted by molar-refractivity contribution is 6.25. The number of aliphatic imine (C=N–C) groups is 1. The third-order valence-electron chi connectivity index (χ3n) is 4.01. The SMILES string of the molecule is C/C=C(/C(=O)Nc1cc(C)c2c(c1)CCC(=O)N2)C(CC)=NC.[HH].[HH]. The van der Waals surface area contributed by atoms with Gasteiger partial charge in [-0.15, -0.1) is 0 Å². The number of hydrogen-bond donors (Lipinski definition) is 2. The second-order valence-electron chi connectivity index (χ2n) is 5.56. The lowest BCUT2D eigenvalue weighted by molar-refractivity contribution is -0.116. The number of aryl methyl sites for hydroxylation is 2. The number of rotatable bonds is 4. The Hall–Kier alpha value is -2.43. The summed E-state index contributed by atoms with van der Waals surface area (Å²) in [4.78, 5) is 28.2. The van der Waals surface area contributed by atoms with Gasteiger partial charge in [0.15, 0.2) is 0 Å². The first kappa shape index (κ1) is 16.9. The maximum absolute atomic E-state index is 12.5. The van der Waals surface area contributed by atoms with E-state index < -0.39 is 0 Å². The molecule has 0 bridgehead atoms. The molecule has 2 N–H and O–H groups in total. The molecule has 2 amide bonds. The smallest absolute Gasteiger partial charge is 0.257 e. The van der Waals surface area contributed by atoms with Crippen LogP contribution in [0.2, 0.25) is 0 Å². The number of fused-ring (bicyclic) bond motifs is 1. The van der Waals surface area contributed by atoms with Gasteiger partial charge in [0.05, 0.1) is 5.57 Å². The highest BCUT2D eigenvalue weighted by Gasteiger charge is 2.19. The van der Waals surface area contributed by atoms with Crippen molar-refractivity contribution in [1.82, 2.24) is 0 Å². The van der Waals surface area contributed by atoms with Crippen LogP contribution in [-0.2, 0) is 16.0 Å². The molecule has 1 aliphatic heterocycles. The van der Waals surface area contributed by atoms with Crippen LogP contribution in [-0.4, -0.2) is 24.6 Å². The van der Waals surface area contributed by atoms with Gasteiger partial charge >= 0.3 is 0 Å². The maximum atomic E-state index is 12.5. The Labute approximate surface area is 139 Å². The van der Waals surface area contributed by atoms with Crippen molar-refractivity contribution in [2.75, 3.05) is 17.7 Å². The lowest BCUT2D eigenvalue weighted by Gasteiger charge is -2.20. The molecule has 0 fully saturated rings. The van der Waals surface area contributed by atoms with Gasteiger partial charge in [-0.1, -0.05) is 13.0 Å². The van der Waals surface area contributed by atoms with Crippen LogP contribution in [0.15, 0.2) is 28.8 Å². The average molecular weight is 317 g/mol.